The summed E-state index contributed by atoms with van der Waals surface area (Å²) in [5.74, 6) is -0.964. The Labute approximate surface area is 102 Å². The van der Waals surface area contributed by atoms with Crippen molar-refractivity contribution < 1.29 is 9.90 Å². The molecule has 0 amide bonds. The number of rotatable bonds is 3. The van der Waals surface area contributed by atoms with E-state index in [2.05, 4.69) is 0 Å². The fourth-order valence-corrected chi connectivity index (χ4v) is 2.57. The molecule has 84 valence electrons. The molecule has 0 aliphatic rings. The lowest BCUT2D eigenvalue weighted by Crippen LogP contribution is -2.12. The summed E-state index contributed by atoms with van der Waals surface area (Å²) < 4.78 is 1.67. The molecule has 0 saturated carbocycles. The van der Waals surface area contributed by atoms with Crippen molar-refractivity contribution in [3.63, 3.8) is 0 Å². The van der Waals surface area contributed by atoms with E-state index < -0.39 is 5.97 Å². The standard InChI is InChI=1S/C11H10ClNO2S/c1-7(8-2-3-16-6-8)13-5-9(12)4-10(13)11(14)15/h2-7H,1H3,(H,14,15). The van der Waals surface area contributed by atoms with Crippen LogP contribution in [0.1, 0.15) is 29.0 Å². The molecule has 1 unspecified atom stereocenters. The smallest absolute Gasteiger partial charge is 0.352 e. The summed E-state index contributed by atoms with van der Waals surface area (Å²) in [6.45, 7) is 1.95. The van der Waals surface area contributed by atoms with E-state index in [0.717, 1.165) is 5.56 Å². The molecule has 16 heavy (non-hydrogen) atoms. The van der Waals surface area contributed by atoms with Gasteiger partial charge in [0.2, 0.25) is 0 Å². The zero-order chi connectivity index (χ0) is 11.7. The van der Waals surface area contributed by atoms with Crippen LogP contribution in [0.15, 0.2) is 29.1 Å². The van der Waals surface area contributed by atoms with E-state index in [0.29, 0.717) is 5.02 Å². The summed E-state index contributed by atoms with van der Waals surface area (Å²) in [6.07, 6.45) is 1.65. The number of carboxylic acids is 1. The third kappa shape index (κ3) is 1.99. The molecule has 0 aliphatic carbocycles. The zero-order valence-electron chi connectivity index (χ0n) is 8.55. The van der Waals surface area contributed by atoms with Gasteiger partial charge in [-0.25, -0.2) is 4.79 Å². The van der Waals surface area contributed by atoms with Crippen molar-refractivity contribution in [3.05, 3.63) is 45.4 Å². The first-order valence-electron chi connectivity index (χ1n) is 4.72. The number of thiophene rings is 1. The van der Waals surface area contributed by atoms with E-state index in [4.69, 9.17) is 16.7 Å². The van der Waals surface area contributed by atoms with Crippen LogP contribution in [-0.2, 0) is 0 Å². The van der Waals surface area contributed by atoms with Crippen molar-refractivity contribution in [2.45, 2.75) is 13.0 Å². The van der Waals surface area contributed by atoms with Crippen LogP contribution in [0, 0.1) is 0 Å². The predicted octanol–water partition coefficient (Wildman–Crippen LogP) is 3.51. The first-order valence-corrected chi connectivity index (χ1v) is 6.04. The van der Waals surface area contributed by atoms with Gasteiger partial charge in [-0.1, -0.05) is 11.6 Å². The van der Waals surface area contributed by atoms with Gasteiger partial charge in [-0.2, -0.15) is 11.3 Å². The van der Waals surface area contributed by atoms with Gasteiger partial charge in [-0.3, -0.25) is 0 Å². The highest BCUT2D eigenvalue weighted by molar-refractivity contribution is 7.07. The van der Waals surface area contributed by atoms with Crippen LogP contribution in [0.25, 0.3) is 0 Å². The number of carboxylic acid groups (broad SMARTS) is 1. The topological polar surface area (TPSA) is 42.2 Å². The Hall–Kier alpha value is -1.26. The minimum atomic E-state index is -0.964. The lowest BCUT2D eigenvalue weighted by molar-refractivity contribution is 0.0684. The summed E-state index contributed by atoms with van der Waals surface area (Å²) >= 11 is 7.42. The minimum Gasteiger partial charge on any atom is -0.477 e. The SMILES string of the molecule is CC(c1ccsc1)n1cc(Cl)cc1C(=O)O. The van der Waals surface area contributed by atoms with Crippen LogP contribution in [0.5, 0.6) is 0 Å². The summed E-state index contributed by atoms with van der Waals surface area (Å²) in [5.41, 5.74) is 1.29. The second-order valence-electron chi connectivity index (χ2n) is 3.49. The summed E-state index contributed by atoms with van der Waals surface area (Å²) in [4.78, 5) is 11.0. The van der Waals surface area contributed by atoms with Gasteiger partial charge in [-0.05, 0) is 35.4 Å². The second-order valence-corrected chi connectivity index (χ2v) is 4.71. The quantitative estimate of drug-likeness (QED) is 0.912. The number of hydrogen-bond acceptors (Lipinski definition) is 2. The highest BCUT2D eigenvalue weighted by Crippen LogP contribution is 2.25. The van der Waals surface area contributed by atoms with Crippen LogP contribution in [0.2, 0.25) is 5.02 Å². The third-order valence-corrected chi connectivity index (χ3v) is 3.39. The van der Waals surface area contributed by atoms with Crippen molar-refractivity contribution in [1.82, 2.24) is 4.57 Å². The Balaban J connectivity index is 2.43. The van der Waals surface area contributed by atoms with Crippen molar-refractivity contribution in [3.8, 4) is 0 Å². The number of halogens is 1. The van der Waals surface area contributed by atoms with E-state index in [1.807, 2.05) is 23.8 Å². The van der Waals surface area contributed by atoms with Crippen LogP contribution < -0.4 is 0 Å². The Morgan fingerprint density at radius 2 is 2.38 bits per heavy atom. The molecule has 0 aliphatic heterocycles. The van der Waals surface area contributed by atoms with Gasteiger partial charge in [0.15, 0.2) is 0 Å². The van der Waals surface area contributed by atoms with E-state index in [1.165, 1.54) is 6.07 Å². The molecule has 0 saturated heterocycles. The van der Waals surface area contributed by atoms with Gasteiger partial charge in [0.25, 0.3) is 0 Å². The van der Waals surface area contributed by atoms with Gasteiger partial charge in [-0.15, -0.1) is 0 Å². The number of nitrogens with zero attached hydrogens (tertiary/aromatic N) is 1. The fourth-order valence-electron chi connectivity index (χ4n) is 1.61. The molecule has 0 bridgehead atoms. The van der Waals surface area contributed by atoms with Gasteiger partial charge >= 0.3 is 5.97 Å². The molecule has 2 aromatic heterocycles. The first-order chi connectivity index (χ1) is 7.59. The fraction of sp³-hybridized carbons (Fsp3) is 0.182. The van der Waals surface area contributed by atoms with E-state index in [9.17, 15) is 4.79 Å². The van der Waals surface area contributed by atoms with Gasteiger partial charge < -0.3 is 9.67 Å². The number of aromatic nitrogens is 1. The molecule has 3 nitrogen and oxygen atoms in total. The van der Waals surface area contributed by atoms with E-state index in [-0.39, 0.29) is 11.7 Å². The molecule has 2 aromatic rings. The molecule has 2 rings (SSSR count). The molecule has 1 atom stereocenters. The van der Waals surface area contributed by atoms with Crippen LogP contribution >= 0.6 is 22.9 Å². The van der Waals surface area contributed by atoms with Crippen molar-refractivity contribution >= 4 is 28.9 Å². The van der Waals surface area contributed by atoms with Crippen molar-refractivity contribution in [2.75, 3.05) is 0 Å². The monoisotopic (exact) mass is 255 g/mol. The van der Waals surface area contributed by atoms with Crippen molar-refractivity contribution in [2.24, 2.45) is 0 Å². The number of aromatic carboxylic acids is 1. The molecule has 0 fully saturated rings. The average molecular weight is 256 g/mol. The lowest BCUT2D eigenvalue weighted by atomic mass is 10.2. The highest BCUT2D eigenvalue weighted by Gasteiger charge is 2.17. The number of hydrogen-bond donors (Lipinski definition) is 1. The lowest BCUT2D eigenvalue weighted by Gasteiger charge is -2.14. The Morgan fingerprint density at radius 3 is 2.94 bits per heavy atom. The minimum absolute atomic E-state index is 0.0233. The van der Waals surface area contributed by atoms with E-state index >= 15 is 0 Å². The number of carbonyl (C=O) groups is 1. The summed E-state index contributed by atoms with van der Waals surface area (Å²) in [5, 5.41) is 13.5. The predicted molar refractivity (Wildman–Crippen MR) is 64.5 cm³/mol. The van der Waals surface area contributed by atoms with Crippen molar-refractivity contribution in [1.29, 1.82) is 0 Å². The second kappa shape index (κ2) is 4.31. The molecule has 2 heterocycles. The Morgan fingerprint density at radius 1 is 1.62 bits per heavy atom. The molecule has 1 N–H and O–H groups in total. The average Bonchev–Trinajstić information content (AvgIpc) is 2.84. The molecule has 0 aromatic carbocycles. The van der Waals surface area contributed by atoms with Crippen LogP contribution in [-0.4, -0.2) is 15.6 Å². The highest BCUT2D eigenvalue weighted by atomic mass is 35.5. The van der Waals surface area contributed by atoms with Crippen LogP contribution in [0.3, 0.4) is 0 Å². The largest absolute Gasteiger partial charge is 0.477 e. The van der Waals surface area contributed by atoms with Gasteiger partial charge in [0, 0.05) is 6.20 Å². The molecular weight excluding hydrogens is 246 g/mol. The van der Waals surface area contributed by atoms with Crippen LogP contribution in [0.4, 0.5) is 0 Å². The maximum atomic E-state index is 11.0. The zero-order valence-corrected chi connectivity index (χ0v) is 10.1. The van der Waals surface area contributed by atoms with E-state index in [1.54, 1.807) is 22.1 Å². The molecule has 0 spiro atoms. The Kier molecular flexibility index (Phi) is 3.03. The third-order valence-electron chi connectivity index (χ3n) is 2.48. The first kappa shape index (κ1) is 11.2. The summed E-state index contributed by atoms with van der Waals surface area (Å²) in [7, 11) is 0. The maximum Gasteiger partial charge on any atom is 0.352 e. The normalized spacial score (nSPS) is 12.6. The van der Waals surface area contributed by atoms with Gasteiger partial charge in [0.05, 0.1) is 11.1 Å². The maximum absolute atomic E-state index is 11.0. The Bertz CT molecular complexity index is 504. The molecular formula is C11H10ClNO2S. The molecule has 0 radical (unpaired) electrons. The molecule has 5 heteroatoms. The van der Waals surface area contributed by atoms with Gasteiger partial charge in [0.1, 0.15) is 5.69 Å². The summed E-state index contributed by atoms with van der Waals surface area (Å²) in [6, 6.07) is 3.42.